The summed E-state index contributed by atoms with van der Waals surface area (Å²) in [5.74, 6) is -3.15. The predicted molar refractivity (Wildman–Crippen MR) is 115 cm³/mol. The molecule has 1 aromatic heterocycles. The number of hydrogen-bond donors (Lipinski definition) is 2. The Balaban J connectivity index is 1.60. The van der Waals surface area contributed by atoms with Gasteiger partial charge < -0.3 is 5.32 Å². The summed E-state index contributed by atoms with van der Waals surface area (Å²) in [5, 5.41) is 8.77. The van der Waals surface area contributed by atoms with Crippen LogP contribution in [0.1, 0.15) is 26.7 Å². The first kappa shape index (κ1) is 24.3. The molecule has 0 saturated heterocycles. The highest BCUT2D eigenvalue weighted by Gasteiger charge is 2.69. The highest BCUT2D eigenvalue weighted by atomic mass is 19.4. The van der Waals surface area contributed by atoms with E-state index < -0.39 is 40.6 Å². The van der Waals surface area contributed by atoms with Crippen LogP contribution in [0.25, 0.3) is 17.1 Å². The van der Waals surface area contributed by atoms with Gasteiger partial charge in [-0.2, -0.15) is 18.2 Å². The normalized spacial score (nSPS) is 14.9. The molecule has 0 radical (unpaired) electrons. The van der Waals surface area contributed by atoms with Crippen molar-refractivity contribution in [3.05, 3.63) is 60.2 Å². The van der Waals surface area contributed by atoms with Crippen molar-refractivity contribution in [1.29, 1.82) is 0 Å². The SMILES string of the molecule is CC(C)(NC(=O)C1(C(F)(F)F)CC1)C(=O)Nc1nc(-c2ccc(F)cc2)n(-c2ccc(F)cc2)n1. The topological polar surface area (TPSA) is 88.9 Å². The molecule has 1 heterocycles. The first-order valence-electron chi connectivity index (χ1n) is 10.5. The van der Waals surface area contributed by atoms with Gasteiger partial charge in [0.25, 0.3) is 5.91 Å². The zero-order valence-electron chi connectivity index (χ0n) is 18.6. The fourth-order valence-electron chi connectivity index (χ4n) is 3.40. The molecule has 1 aliphatic carbocycles. The number of nitrogens with zero attached hydrogens (tertiary/aromatic N) is 3. The standard InChI is InChI=1S/C23H20F5N5O2/c1-21(2,31-19(35)22(11-12-22)23(26,27)28)18(34)30-20-29-17(13-3-5-14(24)6-4-13)33(32-20)16-9-7-15(25)8-10-16/h3-10H,11-12H2,1-2H3,(H,31,35)(H,30,32,34). The summed E-state index contributed by atoms with van der Waals surface area (Å²) in [4.78, 5) is 29.4. The van der Waals surface area contributed by atoms with Gasteiger partial charge in [0.2, 0.25) is 11.9 Å². The van der Waals surface area contributed by atoms with Gasteiger partial charge in [-0.05, 0) is 75.2 Å². The van der Waals surface area contributed by atoms with Gasteiger partial charge in [0.05, 0.1) is 5.69 Å². The molecular weight excluding hydrogens is 473 g/mol. The van der Waals surface area contributed by atoms with Gasteiger partial charge >= 0.3 is 6.18 Å². The third-order valence-corrected chi connectivity index (χ3v) is 5.73. The first-order valence-corrected chi connectivity index (χ1v) is 10.5. The number of anilines is 1. The number of halogens is 5. The Kier molecular flexibility index (Phi) is 5.86. The number of carbonyl (C=O) groups is 2. The molecule has 2 N–H and O–H groups in total. The maximum atomic E-state index is 13.4. The van der Waals surface area contributed by atoms with E-state index in [4.69, 9.17) is 0 Å². The Morgan fingerprint density at radius 2 is 1.49 bits per heavy atom. The molecule has 0 atom stereocenters. The van der Waals surface area contributed by atoms with Gasteiger partial charge in [0, 0.05) is 5.56 Å². The molecule has 2 aromatic carbocycles. The Bertz CT molecular complexity index is 1200. The minimum absolute atomic E-state index is 0.183. The predicted octanol–water partition coefficient (Wildman–Crippen LogP) is 4.39. The molecule has 0 bridgehead atoms. The molecule has 0 spiro atoms. The monoisotopic (exact) mass is 493 g/mol. The maximum absolute atomic E-state index is 13.4. The van der Waals surface area contributed by atoms with Crippen molar-refractivity contribution in [3.63, 3.8) is 0 Å². The van der Waals surface area contributed by atoms with Gasteiger partial charge in [0.15, 0.2) is 5.82 Å². The number of benzene rings is 2. The minimum atomic E-state index is -4.72. The Labute approximate surface area is 196 Å². The number of carbonyl (C=O) groups excluding carboxylic acids is 2. The van der Waals surface area contributed by atoms with E-state index in [0.29, 0.717) is 11.3 Å². The van der Waals surface area contributed by atoms with Crippen LogP contribution >= 0.6 is 0 Å². The van der Waals surface area contributed by atoms with Crippen LogP contribution in [-0.2, 0) is 9.59 Å². The van der Waals surface area contributed by atoms with Crippen molar-refractivity contribution < 1.29 is 31.5 Å². The van der Waals surface area contributed by atoms with E-state index in [1.807, 2.05) is 0 Å². The quantitative estimate of drug-likeness (QED) is 0.499. The van der Waals surface area contributed by atoms with E-state index in [-0.39, 0.29) is 24.6 Å². The fraction of sp³-hybridized carbons (Fsp3) is 0.304. The molecule has 4 rings (SSSR count). The molecule has 1 aliphatic rings. The van der Waals surface area contributed by atoms with Crippen molar-refractivity contribution >= 4 is 17.8 Å². The molecule has 1 saturated carbocycles. The number of aromatic nitrogens is 3. The smallest absolute Gasteiger partial charge is 0.341 e. The van der Waals surface area contributed by atoms with Crippen LogP contribution in [0.2, 0.25) is 0 Å². The second-order valence-corrected chi connectivity index (χ2v) is 8.77. The summed E-state index contributed by atoms with van der Waals surface area (Å²) in [5.41, 5.74) is -3.40. The third-order valence-electron chi connectivity index (χ3n) is 5.73. The number of hydrogen-bond acceptors (Lipinski definition) is 4. The fourth-order valence-corrected chi connectivity index (χ4v) is 3.40. The van der Waals surface area contributed by atoms with Crippen LogP contribution in [0, 0.1) is 17.0 Å². The van der Waals surface area contributed by atoms with Gasteiger partial charge in [-0.25, -0.2) is 13.5 Å². The van der Waals surface area contributed by atoms with Crippen LogP contribution in [0.15, 0.2) is 48.5 Å². The van der Waals surface area contributed by atoms with E-state index in [2.05, 4.69) is 20.7 Å². The molecule has 12 heteroatoms. The largest absolute Gasteiger partial charge is 0.403 e. The lowest BCUT2D eigenvalue weighted by atomic mass is 9.99. The van der Waals surface area contributed by atoms with Crippen molar-refractivity contribution in [3.8, 4) is 17.1 Å². The van der Waals surface area contributed by atoms with Crippen LogP contribution < -0.4 is 10.6 Å². The van der Waals surface area contributed by atoms with E-state index in [0.717, 1.165) is 0 Å². The average Bonchev–Trinajstić information content (AvgIpc) is 3.51. The molecule has 0 aliphatic heterocycles. The van der Waals surface area contributed by atoms with E-state index in [9.17, 15) is 31.5 Å². The lowest BCUT2D eigenvalue weighted by Gasteiger charge is -2.28. The van der Waals surface area contributed by atoms with E-state index >= 15 is 0 Å². The van der Waals surface area contributed by atoms with E-state index in [1.165, 1.54) is 67.1 Å². The lowest BCUT2D eigenvalue weighted by Crippen LogP contribution is -2.56. The first-order chi connectivity index (χ1) is 16.3. The van der Waals surface area contributed by atoms with Crippen LogP contribution in [-0.4, -0.2) is 38.3 Å². The number of alkyl halides is 3. The summed E-state index contributed by atoms with van der Waals surface area (Å²) in [6.45, 7) is 2.51. The minimum Gasteiger partial charge on any atom is -0.341 e. The van der Waals surface area contributed by atoms with E-state index in [1.54, 1.807) is 0 Å². The Morgan fingerprint density at radius 3 is 2.00 bits per heavy atom. The molecule has 7 nitrogen and oxygen atoms in total. The second kappa shape index (κ2) is 8.43. The van der Waals surface area contributed by atoms with Crippen molar-refractivity contribution in [1.82, 2.24) is 20.1 Å². The van der Waals surface area contributed by atoms with Crippen LogP contribution in [0.3, 0.4) is 0 Å². The summed E-state index contributed by atoms with van der Waals surface area (Å²) in [7, 11) is 0. The summed E-state index contributed by atoms with van der Waals surface area (Å²) in [6, 6.07) is 10.5. The van der Waals surface area contributed by atoms with Crippen molar-refractivity contribution in [2.45, 2.75) is 38.4 Å². The van der Waals surface area contributed by atoms with Crippen molar-refractivity contribution in [2.24, 2.45) is 5.41 Å². The summed E-state index contributed by atoms with van der Waals surface area (Å²) in [6.07, 6.45) is -5.40. The van der Waals surface area contributed by atoms with Gasteiger partial charge in [-0.3, -0.25) is 14.9 Å². The van der Waals surface area contributed by atoms with Crippen LogP contribution in [0.4, 0.5) is 27.9 Å². The van der Waals surface area contributed by atoms with Crippen molar-refractivity contribution in [2.75, 3.05) is 5.32 Å². The molecule has 35 heavy (non-hydrogen) atoms. The molecule has 3 aromatic rings. The maximum Gasteiger partial charge on any atom is 0.403 e. The zero-order chi connectivity index (χ0) is 25.6. The number of nitrogens with one attached hydrogen (secondary N) is 2. The number of rotatable bonds is 6. The van der Waals surface area contributed by atoms with Crippen LogP contribution in [0.5, 0.6) is 0 Å². The zero-order valence-corrected chi connectivity index (χ0v) is 18.6. The van der Waals surface area contributed by atoms with Gasteiger partial charge in [-0.1, -0.05) is 0 Å². The second-order valence-electron chi connectivity index (χ2n) is 8.77. The highest BCUT2D eigenvalue weighted by Crippen LogP contribution is 2.57. The Hall–Kier alpha value is -3.83. The lowest BCUT2D eigenvalue weighted by molar-refractivity contribution is -0.193. The molecular formula is C23H20F5N5O2. The van der Waals surface area contributed by atoms with Gasteiger partial charge in [0.1, 0.15) is 22.6 Å². The number of amides is 2. The molecule has 1 fully saturated rings. The third kappa shape index (κ3) is 4.73. The molecule has 2 amide bonds. The average molecular weight is 493 g/mol. The van der Waals surface area contributed by atoms with Gasteiger partial charge in [-0.15, -0.1) is 5.10 Å². The molecule has 0 unspecified atom stereocenters. The summed E-state index contributed by atoms with van der Waals surface area (Å²) < 4.78 is 67.9. The highest BCUT2D eigenvalue weighted by molar-refractivity contribution is 6.00. The Morgan fingerprint density at radius 1 is 0.943 bits per heavy atom. The molecule has 184 valence electrons. The summed E-state index contributed by atoms with van der Waals surface area (Å²) >= 11 is 0.